The highest BCUT2D eigenvalue weighted by Gasteiger charge is 2.70. The van der Waals surface area contributed by atoms with Gasteiger partial charge in [0.15, 0.2) is 37.2 Å². The van der Waals surface area contributed by atoms with E-state index in [-0.39, 0.29) is 22.9 Å². The maximum absolute atomic E-state index is 12.6. The number of aliphatic hydroxyl groups excluding tert-OH is 15. The van der Waals surface area contributed by atoms with Crippen molar-refractivity contribution in [2.75, 3.05) is 39.6 Å². The molecule has 0 amide bonds. The van der Waals surface area contributed by atoms with Crippen molar-refractivity contribution in [3.63, 3.8) is 0 Å². The molecular weight excluding hydrogens is 1100 g/mol. The summed E-state index contributed by atoms with van der Waals surface area (Å²) in [5, 5.41) is 163. The van der Waals surface area contributed by atoms with Gasteiger partial charge in [-0.05, 0) is 104 Å². The Morgan fingerprint density at radius 1 is 0.446 bits per heavy atom. The summed E-state index contributed by atoms with van der Waals surface area (Å²) in [6, 6.07) is 0. The van der Waals surface area contributed by atoms with Gasteiger partial charge >= 0.3 is 0 Å². The van der Waals surface area contributed by atoms with Gasteiger partial charge in [0.25, 0.3) is 0 Å². The highest BCUT2D eigenvalue weighted by atomic mass is 16.8. The van der Waals surface area contributed by atoms with Crippen molar-refractivity contribution in [1.82, 2.24) is 0 Å². The van der Waals surface area contributed by atoms with Crippen molar-refractivity contribution in [1.29, 1.82) is 0 Å². The monoisotopic (exact) mass is 1200 g/mol. The van der Waals surface area contributed by atoms with Gasteiger partial charge in [0.1, 0.15) is 116 Å². The Bertz CT molecular complexity index is 2150. The van der Waals surface area contributed by atoms with Crippen LogP contribution >= 0.6 is 0 Å². The summed E-state index contributed by atoms with van der Waals surface area (Å²) in [5.41, 5.74) is 0.0940. The minimum atomic E-state index is -2.07. The van der Waals surface area contributed by atoms with Crippen LogP contribution in [0, 0.1) is 52.3 Å². The van der Waals surface area contributed by atoms with Crippen LogP contribution in [0.2, 0.25) is 0 Å². The second-order valence-corrected chi connectivity index (χ2v) is 26.7. The van der Waals surface area contributed by atoms with Crippen molar-refractivity contribution in [2.24, 2.45) is 52.3 Å². The highest BCUT2D eigenvalue weighted by molar-refractivity contribution is 5.16. The zero-order valence-corrected chi connectivity index (χ0v) is 47.5. The molecular formula is C56H92O27. The molecule has 36 atom stereocenters. The van der Waals surface area contributed by atoms with Crippen molar-refractivity contribution in [3.8, 4) is 0 Å². The summed E-state index contributed by atoms with van der Waals surface area (Å²) in [6.07, 6.45) is -34.0. The van der Waals surface area contributed by atoms with E-state index in [1.807, 2.05) is 0 Å². The summed E-state index contributed by atoms with van der Waals surface area (Å²) in [5.74, 6) is 2.45. The average Bonchev–Trinajstić information content (AvgIpc) is 1.65. The van der Waals surface area contributed by atoms with Gasteiger partial charge in [-0.2, -0.15) is 0 Å². The minimum absolute atomic E-state index is 0.0334. The molecule has 27 nitrogen and oxygen atoms in total. The molecule has 7 heterocycles. The van der Waals surface area contributed by atoms with Crippen LogP contribution in [0.3, 0.4) is 0 Å². The summed E-state index contributed by atoms with van der Waals surface area (Å²) in [7, 11) is 0. The van der Waals surface area contributed by atoms with Gasteiger partial charge in [0, 0.05) is 12.3 Å². The Labute approximate surface area is 481 Å². The molecule has 11 rings (SSSR count). The lowest BCUT2D eigenvalue weighted by Crippen LogP contribution is -2.68. The van der Waals surface area contributed by atoms with Crippen molar-refractivity contribution in [2.45, 2.75) is 257 Å². The van der Waals surface area contributed by atoms with Crippen LogP contribution in [-0.2, 0) is 56.8 Å². The Morgan fingerprint density at radius 2 is 1.00 bits per heavy atom. The fraction of sp³-hybridized carbons (Fsp3) is 1.00. The largest absolute Gasteiger partial charge is 0.394 e. The smallest absolute Gasteiger partial charge is 0.187 e. The van der Waals surface area contributed by atoms with Crippen molar-refractivity contribution < 1.29 is 133 Å². The van der Waals surface area contributed by atoms with E-state index in [1.165, 1.54) is 0 Å². The Morgan fingerprint density at radius 3 is 1.61 bits per heavy atom. The van der Waals surface area contributed by atoms with E-state index in [4.69, 9.17) is 56.8 Å². The van der Waals surface area contributed by atoms with Crippen LogP contribution in [0.25, 0.3) is 0 Å². The SMILES string of the molecule is CC1CCC2(OC1)OC1CC3C4CCC5CC(OC6OC(CO)C(OC7OC(CO)C(O)C(OC8OCC(O)C(O)C8O)C7O)C(O)C6OC6OC(CO)C(O)C(OC7OC(CO)C(O)C(O)C7O)C6O)CCC5(C)C4CCC3(C)C1C2C. The van der Waals surface area contributed by atoms with Gasteiger partial charge in [-0.15, -0.1) is 0 Å². The van der Waals surface area contributed by atoms with Gasteiger partial charge in [-0.1, -0.05) is 27.7 Å². The molecule has 4 aliphatic carbocycles. The average molecular weight is 1200 g/mol. The quantitative estimate of drug-likeness (QED) is 0.0730. The van der Waals surface area contributed by atoms with Gasteiger partial charge in [-0.3, -0.25) is 0 Å². The molecule has 0 bridgehead atoms. The Hall–Kier alpha value is -1.08. The minimum Gasteiger partial charge on any atom is -0.394 e. The maximum atomic E-state index is 12.6. The molecule has 11 aliphatic rings. The molecule has 36 unspecified atom stereocenters. The van der Waals surface area contributed by atoms with Crippen LogP contribution in [-0.4, -0.2) is 282 Å². The molecule has 11 fully saturated rings. The topological polar surface area (TPSA) is 414 Å². The van der Waals surface area contributed by atoms with Gasteiger partial charge in [0.2, 0.25) is 0 Å². The molecule has 83 heavy (non-hydrogen) atoms. The molecule has 0 aromatic carbocycles. The van der Waals surface area contributed by atoms with E-state index < -0.39 is 192 Å². The maximum Gasteiger partial charge on any atom is 0.187 e. The predicted molar refractivity (Wildman–Crippen MR) is 275 cm³/mol. The number of fused-ring (bicyclic) bond motifs is 7. The molecule has 15 N–H and O–H groups in total. The van der Waals surface area contributed by atoms with E-state index in [9.17, 15) is 76.6 Å². The lowest BCUT2D eigenvalue weighted by atomic mass is 9.44. The summed E-state index contributed by atoms with van der Waals surface area (Å²) < 4.78 is 73.6. The van der Waals surface area contributed by atoms with Crippen molar-refractivity contribution in [3.05, 3.63) is 0 Å². The fourth-order valence-corrected chi connectivity index (χ4v) is 17.4. The summed E-state index contributed by atoms with van der Waals surface area (Å²) in [6.45, 7) is 6.27. The van der Waals surface area contributed by atoms with Crippen LogP contribution in [0.15, 0.2) is 0 Å². The molecule has 0 radical (unpaired) electrons. The van der Waals surface area contributed by atoms with Crippen LogP contribution in [0.5, 0.6) is 0 Å². The van der Waals surface area contributed by atoms with E-state index >= 15 is 0 Å². The van der Waals surface area contributed by atoms with Crippen LogP contribution in [0.1, 0.15) is 91.9 Å². The molecule has 478 valence electrons. The lowest BCUT2D eigenvalue weighted by molar-refractivity contribution is -0.402. The number of rotatable bonds is 14. The first kappa shape index (κ1) is 63.5. The van der Waals surface area contributed by atoms with Gasteiger partial charge in [-0.25, -0.2) is 0 Å². The number of hydrogen-bond acceptors (Lipinski definition) is 27. The molecule has 4 saturated carbocycles. The molecule has 7 saturated heterocycles. The van der Waals surface area contributed by atoms with E-state index in [0.717, 1.165) is 58.0 Å². The third-order valence-electron chi connectivity index (χ3n) is 22.1. The number of aliphatic hydroxyl groups is 15. The third kappa shape index (κ3) is 11.2. The first-order chi connectivity index (χ1) is 39.5. The molecule has 7 aliphatic heterocycles. The second kappa shape index (κ2) is 25.0. The zero-order valence-electron chi connectivity index (χ0n) is 47.5. The lowest BCUT2D eigenvalue weighted by Gasteiger charge is -2.61. The van der Waals surface area contributed by atoms with Gasteiger partial charge < -0.3 is 133 Å². The zero-order chi connectivity index (χ0) is 59.4. The standard InChI is InChI=1S/C56H92O27/c1-21-7-12-56(73-19-21)22(2)34-29(83-56)14-27-25-6-5-23-13-24(8-10-54(23,3)26(25)9-11-55(27,34)4)74-53-48(82-52-44(71)47(38(65)32(17-59)77-52)81-50-41(68)39(66)36(63)30(15-57)75-50)42(69)45(33(18-60)78-53)79-51-43(70)46(37(64)31(16-58)76-51)80-49-40(67)35(62)28(61)20-72-49/h21-53,57-71H,5-20H2,1-4H3. The normalized spacial score (nSPS) is 57.4. The van der Waals surface area contributed by atoms with Crippen LogP contribution in [0.4, 0.5) is 0 Å². The second-order valence-electron chi connectivity index (χ2n) is 26.7. The molecule has 0 aromatic rings. The number of hydrogen-bond donors (Lipinski definition) is 15. The number of ether oxygens (including phenoxy) is 12. The third-order valence-corrected chi connectivity index (χ3v) is 22.1. The van der Waals surface area contributed by atoms with Crippen molar-refractivity contribution >= 4 is 0 Å². The Balaban J connectivity index is 0.828. The van der Waals surface area contributed by atoms with Crippen LogP contribution < -0.4 is 0 Å². The first-order valence-electron chi connectivity index (χ1n) is 30.3. The predicted octanol–water partition coefficient (Wildman–Crippen LogP) is -4.45. The fourth-order valence-electron chi connectivity index (χ4n) is 17.4. The molecule has 27 heteroatoms. The van der Waals surface area contributed by atoms with Gasteiger partial charge in [0.05, 0.1) is 51.8 Å². The molecule has 0 aromatic heterocycles. The summed E-state index contributed by atoms with van der Waals surface area (Å²) in [4.78, 5) is 0. The van der Waals surface area contributed by atoms with E-state index in [0.29, 0.717) is 48.3 Å². The highest BCUT2D eigenvalue weighted by Crippen LogP contribution is 2.71. The summed E-state index contributed by atoms with van der Waals surface area (Å²) >= 11 is 0. The first-order valence-corrected chi connectivity index (χ1v) is 30.3. The van der Waals surface area contributed by atoms with E-state index in [2.05, 4.69) is 27.7 Å². The molecule has 1 spiro atoms. The Kier molecular flexibility index (Phi) is 19.1. The van der Waals surface area contributed by atoms with E-state index in [1.54, 1.807) is 0 Å².